The summed E-state index contributed by atoms with van der Waals surface area (Å²) in [7, 11) is 0. The predicted octanol–water partition coefficient (Wildman–Crippen LogP) is 4.42. The number of aromatic nitrogens is 1. The van der Waals surface area contributed by atoms with E-state index in [9.17, 15) is 4.39 Å². The van der Waals surface area contributed by atoms with E-state index in [-0.39, 0.29) is 5.82 Å². The lowest BCUT2D eigenvalue weighted by atomic mass is 9.90. The molecule has 0 N–H and O–H groups in total. The smallest absolute Gasteiger partial charge is 0.170 e. The lowest BCUT2D eigenvalue weighted by molar-refractivity contribution is 0.174. The SMILES string of the molecule is Fc1ccc2c(CN3CCC(Cc4ccccc4)CC3)noc2c1. The molecule has 2 heterocycles. The number of likely N-dealkylation sites (tertiary alicyclic amines) is 1. The topological polar surface area (TPSA) is 29.3 Å². The van der Waals surface area contributed by atoms with Crippen LogP contribution in [0.4, 0.5) is 4.39 Å². The van der Waals surface area contributed by atoms with E-state index in [0.717, 1.165) is 36.6 Å². The van der Waals surface area contributed by atoms with Gasteiger partial charge >= 0.3 is 0 Å². The first kappa shape index (κ1) is 15.3. The van der Waals surface area contributed by atoms with Crippen molar-refractivity contribution in [1.29, 1.82) is 0 Å². The van der Waals surface area contributed by atoms with Gasteiger partial charge in [-0.2, -0.15) is 0 Å². The first-order valence-corrected chi connectivity index (χ1v) is 8.58. The monoisotopic (exact) mass is 324 g/mol. The molecule has 4 heteroatoms. The van der Waals surface area contributed by atoms with Crippen LogP contribution in [0.1, 0.15) is 24.1 Å². The molecule has 0 aliphatic carbocycles. The highest BCUT2D eigenvalue weighted by Gasteiger charge is 2.21. The maximum atomic E-state index is 13.2. The van der Waals surface area contributed by atoms with Crippen LogP contribution in [0.2, 0.25) is 0 Å². The molecule has 24 heavy (non-hydrogen) atoms. The molecule has 0 amide bonds. The van der Waals surface area contributed by atoms with Crippen LogP contribution in [-0.2, 0) is 13.0 Å². The summed E-state index contributed by atoms with van der Waals surface area (Å²) >= 11 is 0. The number of nitrogens with zero attached hydrogens (tertiary/aromatic N) is 2. The Bertz CT molecular complexity index is 807. The highest BCUT2D eigenvalue weighted by molar-refractivity contribution is 5.79. The Labute approximate surface area is 141 Å². The number of fused-ring (bicyclic) bond motifs is 1. The number of hydrogen-bond acceptors (Lipinski definition) is 3. The molecule has 1 aliphatic rings. The summed E-state index contributed by atoms with van der Waals surface area (Å²) in [6.07, 6.45) is 3.58. The predicted molar refractivity (Wildman–Crippen MR) is 92.1 cm³/mol. The highest BCUT2D eigenvalue weighted by Crippen LogP contribution is 2.25. The van der Waals surface area contributed by atoms with Gasteiger partial charge in [-0.05, 0) is 56.0 Å². The van der Waals surface area contributed by atoms with Crippen LogP contribution >= 0.6 is 0 Å². The van der Waals surface area contributed by atoms with E-state index >= 15 is 0 Å². The van der Waals surface area contributed by atoms with Gasteiger partial charge in [0.05, 0.1) is 0 Å². The molecule has 0 radical (unpaired) electrons. The molecule has 1 fully saturated rings. The average Bonchev–Trinajstić information content (AvgIpc) is 2.99. The van der Waals surface area contributed by atoms with E-state index in [0.29, 0.717) is 5.58 Å². The summed E-state index contributed by atoms with van der Waals surface area (Å²) in [6, 6.07) is 15.4. The zero-order chi connectivity index (χ0) is 16.4. The Balaban J connectivity index is 1.36. The van der Waals surface area contributed by atoms with Gasteiger partial charge in [-0.15, -0.1) is 0 Å². The van der Waals surface area contributed by atoms with Gasteiger partial charge in [0.1, 0.15) is 11.5 Å². The van der Waals surface area contributed by atoms with Crippen molar-refractivity contribution in [3.8, 4) is 0 Å². The molecule has 124 valence electrons. The van der Waals surface area contributed by atoms with E-state index in [1.165, 1.54) is 37.0 Å². The van der Waals surface area contributed by atoms with Gasteiger partial charge in [0.15, 0.2) is 5.58 Å². The fourth-order valence-corrected chi connectivity index (χ4v) is 3.59. The van der Waals surface area contributed by atoms with Gasteiger partial charge in [0.25, 0.3) is 0 Å². The number of hydrogen-bond donors (Lipinski definition) is 0. The van der Waals surface area contributed by atoms with Gasteiger partial charge in [0.2, 0.25) is 0 Å². The second-order valence-corrected chi connectivity index (χ2v) is 6.68. The van der Waals surface area contributed by atoms with Crippen molar-refractivity contribution in [2.24, 2.45) is 5.92 Å². The van der Waals surface area contributed by atoms with E-state index < -0.39 is 0 Å². The van der Waals surface area contributed by atoms with Crippen molar-refractivity contribution in [3.63, 3.8) is 0 Å². The first-order chi connectivity index (χ1) is 11.8. The minimum absolute atomic E-state index is 0.285. The van der Waals surface area contributed by atoms with Crippen LogP contribution < -0.4 is 0 Å². The minimum Gasteiger partial charge on any atom is -0.356 e. The zero-order valence-electron chi connectivity index (χ0n) is 13.6. The third-order valence-electron chi connectivity index (χ3n) is 4.96. The molecule has 0 bridgehead atoms. The molecule has 1 saturated heterocycles. The summed E-state index contributed by atoms with van der Waals surface area (Å²) in [6.45, 7) is 2.93. The van der Waals surface area contributed by atoms with Crippen molar-refractivity contribution in [2.45, 2.75) is 25.8 Å². The maximum absolute atomic E-state index is 13.2. The molecule has 4 rings (SSSR count). The summed E-state index contributed by atoms with van der Waals surface area (Å²) in [5.74, 6) is 0.471. The second-order valence-electron chi connectivity index (χ2n) is 6.68. The Morgan fingerprint density at radius 2 is 1.88 bits per heavy atom. The average molecular weight is 324 g/mol. The third kappa shape index (κ3) is 3.34. The van der Waals surface area contributed by atoms with Crippen LogP contribution in [0.3, 0.4) is 0 Å². The first-order valence-electron chi connectivity index (χ1n) is 8.58. The molecule has 2 aromatic carbocycles. The number of benzene rings is 2. The minimum atomic E-state index is -0.285. The molecular weight excluding hydrogens is 303 g/mol. The number of halogens is 1. The molecule has 0 unspecified atom stereocenters. The van der Waals surface area contributed by atoms with Crippen molar-refractivity contribution in [1.82, 2.24) is 10.1 Å². The molecule has 1 aliphatic heterocycles. The van der Waals surface area contributed by atoms with Gasteiger partial charge < -0.3 is 4.52 Å². The molecule has 0 spiro atoms. The molecule has 3 aromatic rings. The van der Waals surface area contributed by atoms with Crippen LogP contribution in [0.5, 0.6) is 0 Å². The summed E-state index contributed by atoms with van der Waals surface area (Å²) in [4.78, 5) is 2.42. The molecule has 1 aromatic heterocycles. The van der Waals surface area contributed by atoms with E-state index in [1.54, 1.807) is 6.07 Å². The lowest BCUT2D eigenvalue weighted by Crippen LogP contribution is -2.34. The van der Waals surface area contributed by atoms with Crippen molar-refractivity contribution in [2.75, 3.05) is 13.1 Å². The maximum Gasteiger partial charge on any atom is 0.170 e. The van der Waals surface area contributed by atoms with Crippen LogP contribution in [0, 0.1) is 11.7 Å². The number of piperidine rings is 1. The summed E-state index contributed by atoms with van der Waals surface area (Å²) in [5.41, 5.74) is 2.87. The van der Waals surface area contributed by atoms with Crippen LogP contribution in [0.15, 0.2) is 53.1 Å². The summed E-state index contributed by atoms with van der Waals surface area (Å²) < 4.78 is 18.5. The van der Waals surface area contributed by atoms with Crippen LogP contribution in [-0.4, -0.2) is 23.1 Å². The van der Waals surface area contributed by atoms with Gasteiger partial charge in [-0.25, -0.2) is 4.39 Å². The Morgan fingerprint density at radius 3 is 2.67 bits per heavy atom. The fraction of sp³-hybridized carbons (Fsp3) is 0.350. The second kappa shape index (κ2) is 6.73. The lowest BCUT2D eigenvalue weighted by Gasteiger charge is -2.31. The third-order valence-corrected chi connectivity index (χ3v) is 4.96. The van der Waals surface area contributed by atoms with Crippen molar-refractivity contribution < 1.29 is 8.91 Å². The molecular formula is C20H21FN2O. The Kier molecular flexibility index (Phi) is 4.30. The largest absolute Gasteiger partial charge is 0.356 e. The summed E-state index contributed by atoms with van der Waals surface area (Å²) in [5, 5.41) is 5.05. The highest BCUT2D eigenvalue weighted by atomic mass is 19.1. The van der Waals surface area contributed by atoms with Crippen LogP contribution in [0.25, 0.3) is 11.0 Å². The van der Waals surface area contributed by atoms with E-state index in [4.69, 9.17) is 4.52 Å². The fourth-order valence-electron chi connectivity index (χ4n) is 3.59. The zero-order valence-corrected chi connectivity index (χ0v) is 13.6. The number of rotatable bonds is 4. The Morgan fingerprint density at radius 1 is 1.08 bits per heavy atom. The van der Waals surface area contributed by atoms with E-state index in [1.807, 2.05) is 0 Å². The Hall–Kier alpha value is -2.20. The molecule has 0 saturated carbocycles. The van der Waals surface area contributed by atoms with Gasteiger partial charge in [-0.1, -0.05) is 35.5 Å². The molecule has 3 nitrogen and oxygen atoms in total. The quantitative estimate of drug-likeness (QED) is 0.711. The van der Waals surface area contributed by atoms with Crippen molar-refractivity contribution >= 4 is 11.0 Å². The van der Waals surface area contributed by atoms with Gasteiger partial charge in [-0.3, -0.25) is 4.90 Å². The normalized spacial score (nSPS) is 16.7. The van der Waals surface area contributed by atoms with Gasteiger partial charge in [0, 0.05) is 18.0 Å². The standard InChI is InChI=1S/C20H21FN2O/c21-17-6-7-18-19(22-24-20(18)13-17)14-23-10-8-16(9-11-23)12-15-4-2-1-3-5-15/h1-7,13,16H,8-12,14H2. The van der Waals surface area contributed by atoms with Crippen molar-refractivity contribution in [3.05, 3.63) is 65.6 Å². The molecule has 0 atom stereocenters. The van der Waals surface area contributed by atoms with E-state index in [2.05, 4.69) is 40.4 Å².